The van der Waals surface area contributed by atoms with Gasteiger partial charge in [-0.25, -0.2) is 13.4 Å². The van der Waals surface area contributed by atoms with Crippen molar-refractivity contribution in [2.24, 2.45) is 0 Å². The van der Waals surface area contributed by atoms with Gasteiger partial charge in [-0.1, -0.05) is 42.5 Å². The van der Waals surface area contributed by atoms with Crippen LogP contribution in [0.2, 0.25) is 0 Å². The number of carbonyl (C=O) groups excluding carboxylic acids is 1. The fourth-order valence-electron chi connectivity index (χ4n) is 3.08. The summed E-state index contributed by atoms with van der Waals surface area (Å²) in [7, 11) is -3.33. The average molecular weight is 431 g/mol. The summed E-state index contributed by atoms with van der Waals surface area (Å²) in [5.41, 5.74) is 2.07. The van der Waals surface area contributed by atoms with Crippen molar-refractivity contribution in [3.05, 3.63) is 66.1 Å². The molecule has 160 valence electrons. The van der Waals surface area contributed by atoms with E-state index in [9.17, 15) is 18.3 Å². The maximum Gasteiger partial charge on any atom is 0.224 e. The van der Waals surface area contributed by atoms with Gasteiger partial charge in [-0.2, -0.15) is 0 Å². The molecule has 0 unspecified atom stereocenters. The van der Waals surface area contributed by atoms with Crippen LogP contribution >= 0.6 is 0 Å². The largest absolute Gasteiger partial charge is 0.438 e. The molecule has 0 aliphatic heterocycles. The highest BCUT2D eigenvalue weighted by Crippen LogP contribution is 2.23. The van der Waals surface area contributed by atoms with Crippen LogP contribution in [0, 0.1) is 0 Å². The average Bonchev–Trinajstić information content (AvgIpc) is 3.17. The van der Waals surface area contributed by atoms with Crippen molar-refractivity contribution in [1.82, 2.24) is 10.3 Å². The lowest BCUT2D eigenvalue weighted by Gasteiger charge is -2.08. The van der Waals surface area contributed by atoms with E-state index in [4.69, 9.17) is 4.42 Å². The highest BCUT2D eigenvalue weighted by Gasteiger charge is 2.16. The minimum Gasteiger partial charge on any atom is -0.438 e. The Labute approximate surface area is 176 Å². The van der Waals surface area contributed by atoms with Gasteiger partial charge in [0.05, 0.1) is 11.5 Å². The number of aliphatic hydroxyl groups excluding tert-OH is 1. The maximum atomic E-state index is 12.1. The highest BCUT2D eigenvalue weighted by molar-refractivity contribution is 7.90. The van der Waals surface area contributed by atoms with E-state index in [1.54, 1.807) is 30.3 Å². The zero-order valence-electron chi connectivity index (χ0n) is 16.7. The summed E-state index contributed by atoms with van der Waals surface area (Å²) < 4.78 is 29.8. The second kappa shape index (κ2) is 10.4. The van der Waals surface area contributed by atoms with Gasteiger partial charge >= 0.3 is 0 Å². The van der Waals surface area contributed by atoms with Gasteiger partial charge in [0.25, 0.3) is 0 Å². The summed E-state index contributed by atoms with van der Waals surface area (Å²) in [5.74, 6) is -0.228. The first kappa shape index (κ1) is 22.0. The van der Waals surface area contributed by atoms with Crippen LogP contribution in [0.15, 0.2) is 59.0 Å². The van der Waals surface area contributed by atoms with Crippen LogP contribution < -0.4 is 5.32 Å². The van der Waals surface area contributed by atoms with Crippen molar-refractivity contribution in [3.63, 3.8) is 0 Å². The molecule has 1 aromatic heterocycles. The SMILES string of the molecule is O=C(CCS(=O)(=O)Cc1ccccc1)NCCCC[C@@H](O)c1nc2ccccc2o1. The zero-order valence-corrected chi connectivity index (χ0v) is 17.5. The van der Waals surface area contributed by atoms with Gasteiger partial charge < -0.3 is 14.8 Å². The summed E-state index contributed by atoms with van der Waals surface area (Å²) >= 11 is 0. The lowest BCUT2D eigenvalue weighted by molar-refractivity contribution is -0.120. The molecule has 0 radical (unpaired) electrons. The third-order valence-electron chi connectivity index (χ3n) is 4.69. The fourth-order valence-corrected chi connectivity index (χ4v) is 4.42. The third-order valence-corrected chi connectivity index (χ3v) is 6.29. The van der Waals surface area contributed by atoms with Crippen LogP contribution in [-0.2, 0) is 20.4 Å². The van der Waals surface area contributed by atoms with Crippen molar-refractivity contribution in [2.75, 3.05) is 12.3 Å². The van der Waals surface area contributed by atoms with Crippen molar-refractivity contribution in [3.8, 4) is 0 Å². The molecule has 1 atom stereocenters. The van der Waals surface area contributed by atoms with Crippen LogP contribution in [0.3, 0.4) is 0 Å². The Morgan fingerprint density at radius 2 is 1.80 bits per heavy atom. The Bertz CT molecular complexity index is 1030. The Kier molecular flexibility index (Phi) is 7.59. The standard InChI is InChI=1S/C22H26N2O5S/c25-19(22-24-18-10-4-5-12-20(18)29-22)11-6-7-14-23-21(26)13-15-30(27,28)16-17-8-2-1-3-9-17/h1-5,8-10,12,19,25H,6-7,11,13-16H2,(H,23,26)/t19-/m1/s1. The quantitative estimate of drug-likeness (QED) is 0.452. The number of unbranched alkanes of at least 4 members (excludes halogenated alkanes) is 1. The summed E-state index contributed by atoms with van der Waals surface area (Å²) in [5, 5.41) is 12.9. The number of sulfone groups is 1. The van der Waals surface area contributed by atoms with Crippen molar-refractivity contribution >= 4 is 26.8 Å². The van der Waals surface area contributed by atoms with Gasteiger partial charge in [0.15, 0.2) is 15.4 Å². The predicted molar refractivity (Wildman–Crippen MR) is 114 cm³/mol. The second-order valence-corrected chi connectivity index (χ2v) is 9.39. The number of para-hydroxylation sites is 2. The molecule has 8 heteroatoms. The number of benzene rings is 2. The number of fused-ring (bicyclic) bond motifs is 1. The first-order valence-corrected chi connectivity index (χ1v) is 11.8. The van der Waals surface area contributed by atoms with Gasteiger partial charge in [-0.15, -0.1) is 0 Å². The topological polar surface area (TPSA) is 110 Å². The smallest absolute Gasteiger partial charge is 0.224 e. The molecule has 2 N–H and O–H groups in total. The molecular formula is C22H26N2O5S. The number of oxazole rings is 1. The van der Waals surface area contributed by atoms with E-state index >= 15 is 0 Å². The highest BCUT2D eigenvalue weighted by atomic mass is 32.2. The van der Waals surface area contributed by atoms with Crippen LogP contribution in [0.1, 0.15) is 43.2 Å². The predicted octanol–water partition coefficient (Wildman–Crippen LogP) is 3.15. The van der Waals surface area contributed by atoms with Crippen LogP contribution in [0.25, 0.3) is 11.1 Å². The number of aliphatic hydroxyl groups is 1. The Hall–Kier alpha value is -2.71. The van der Waals surface area contributed by atoms with Crippen molar-refractivity contribution in [1.29, 1.82) is 0 Å². The normalized spacial score (nSPS) is 12.7. The van der Waals surface area contributed by atoms with E-state index in [2.05, 4.69) is 10.3 Å². The van der Waals surface area contributed by atoms with Gasteiger partial charge in [0.2, 0.25) is 11.8 Å². The number of hydrogen-bond donors (Lipinski definition) is 2. The fraction of sp³-hybridized carbons (Fsp3) is 0.364. The Morgan fingerprint density at radius 1 is 1.07 bits per heavy atom. The van der Waals surface area contributed by atoms with Crippen molar-refractivity contribution in [2.45, 2.75) is 37.5 Å². The van der Waals surface area contributed by atoms with Crippen molar-refractivity contribution < 1.29 is 22.7 Å². The first-order valence-electron chi connectivity index (χ1n) is 9.97. The monoisotopic (exact) mass is 430 g/mol. The first-order chi connectivity index (χ1) is 14.4. The molecule has 7 nitrogen and oxygen atoms in total. The number of aromatic nitrogens is 1. The van der Waals surface area contributed by atoms with Gasteiger partial charge in [0.1, 0.15) is 11.6 Å². The Balaban J connectivity index is 1.31. The van der Waals surface area contributed by atoms with E-state index in [0.29, 0.717) is 42.8 Å². The molecule has 0 saturated heterocycles. The zero-order chi connectivity index (χ0) is 21.4. The summed E-state index contributed by atoms with van der Waals surface area (Å²) in [4.78, 5) is 16.2. The lowest BCUT2D eigenvalue weighted by Crippen LogP contribution is -2.26. The third kappa shape index (κ3) is 6.67. The van der Waals surface area contributed by atoms with E-state index in [1.807, 2.05) is 24.3 Å². The van der Waals surface area contributed by atoms with E-state index in [-0.39, 0.29) is 23.8 Å². The van der Waals surface area contributed by atoms with Crippen LogP contribution in [0.4, 0.5) is 0 Å². The lowest BCUT2D eigenvalue weighted by atomic mass is 10.1. The summed E-state index contributed by atoms with van der Waals surface area (Å²) in [6.07, 6.45) is 0.956. The number of nitrogens with zero attached hydrogens (tertiary/aromatic N) is 1. The molecule has 1 heterocycles. The summed E-state index contributed by atoms with van der Waals surface area (Å²) in [6, 6.07) is 16.3. The van der Waals surface area contributed by atoms with Crippen LogP contribution in [0.5, 0.6) is 0 Å². The molecule has 0 saturated carbocycles. The maximum absolute atomic E-state index is 12.1. The molecule has 30 heavy (non-hydrogen) atoms. The minimum atomic E-state index is -3.33. The molecular weight excluding hydrogens is 404 g/mol. The molecule has 3 rings (SSSR count). The molecule has 0 aliphatic carbocycles. The van der Waals surface area contributed by atoms with Gasteiger partial charge in [-0.05, 0) is 37.0 Å². The van der Waals surface area contributed by atoms with Crippen LogP contribution in [-0.4, -0.2) is 36.7 Å². The second-order valence-electron chi connectivity index (χ2n) is 7.21. The number of nitrogens with one attached hydrogen (secondary N) is 1. The van der Waals surface area contributed by atoms with E-state index < -0.39 is 15.9 Å². The molecule has 0 bridgehead atoms. The Morgan fingerprint density at radius 3 is 2.57 bits per heavy atom. The minimum absolute atomic E-state index is 0.0549. The number of hydrogen-bond acceptors (Lipinski definition) is 6. The number of carbonyl (C=O) groups is 1. The number of amides is 1. The van der Waals surface area contributed by atoms with E-state index in [0.717, 1.165) is 5.56 Å². The van der Waals surface area contributed by atoms with Gasteiger partial charge in [-0.3, -0.25) is 4.79 Å². The van der Waals surface area contributed by atoms with Gasteiger partial charge in [0, 0.05) is 13.0 Å². The molecule has 1 amide bonds. The molecule has 0 spiro atoms. The molecule has 3 aromatic rings. The molecule has 2 aromatic carbocycles. The van der Waals surface area contributed by atoms with E-state index in [1.165, 1.54) is 0 Å². The molecule has 0 aliphatic rings. The number of rotatable bonds is 11. The summed E-state index contributed by atoms with van der Waals surface area (Å²) in [6.45, 7) is 0.428. The molecule has 0 fully saturated rings.